The first kappa shape index (κ1) is 11.8. The molecule has 0 radical (unpaired) electrons. The van der Waals surface area contributed by atoms with Crippen LogP contribution in [0.1, 0.15) is 11.3 Å². The van der Waals surface area contributed by atoms with Crippen molar-refractivity contribution in [2.24, 2.45) is 0 Å². The van der Waals surface area contributed by atoms with Gasteiger partial charge in [0.2, 0.25) is 5.15 Å². The normalized spacial score (nSPS) is 9.27. The van der Waals surface area contributed by atoms with Crippen molar-refractivity contribution in [2.45, 2.75) is 6.92 Å². The fourth-order valence-corrected chi connectivity index (χ4v) is 1.28. The maximum Gasteiger partial charge on any atom is 0.307 e. The minimum Gasteiger partial charge on any atom is -0.258 e. The van der Waals surface area contributed by atoms with Gasteiger partial charge in [0.1, 0.15) is 0 Å². The van der Waals surface area contributed by atoms with Crippen molar-refractivity contribution in [1.82, 2.24) is 4.98 Å². The third-order valence-corrected chi connectivity index (χ3v) is 2.08. The van der Waals surface area contributed by atoms with E-state index >= 15 is 0 Å². The van der Waals surface area contributed by atoms with Gasteiger partial charge in [0.25, 0.3) is 0 Å². The molecule has 0 amide bonds. The van der Waals surface area contributed by atoms with Crippen LogP contribution in [0.5, 0.6) is 0 Å². The van der Waals surface area contributed by atoms with Crippen molar-refractivity contribution in [3.8, 4) is 11.8 Å². The first-order chi connectivity index (χ1) is 7.06. The zero-order valence-corrected chi connectivity index (χ0v) is 9.47. The zero-order valence-electron chi connectivity index (χ0n) is 7.82. The summed E-state index contributed by atoms with van der Waals surface area (Å²) < 4.78 is 0. The van der Waals surface area contributed by atoms with Crippen LogP contribution >= 0.6 is 24.2 Å². The van der Waals surface area contributed by atoms with E-state index in [9.17, 15) is 10.1 Å². The van der Waals surface area contributed by atoms with Crippen LogP contribution in [0.3, 0.4) is 0 Å². The molecule has 78 valence electrons. The third-order valence-electron chi connectivity index (χ3n) is 1.65. The predicted octanol–water partition coefficient (Wildman–Crippen LogP) is 2.23. The molecular weight excluding hydrogens is 236 g/mol. The molecule has 0 spiro atoms. The topological polar surface area (TPSA) is 56.0 Å². The molecule has 1 rings (SSSR count). The van der Waals surface area contributed by atoms with Crippen LogP contribution in [-0.2, 0) is 0 Å². The molecule has 0 fully saturated rings. The molecule has 1 aromatic heterocycles. The summed E-state index contributed by atoms with van der Waals surface area (Å²) >= 11 is 9.53. The van der Waals surface area contributed by atoms with Crippen LogP contribution in [0, 0.1) is 28.9 Å². The van der Waals surface area contributed by atoms with Crippen LogP contribution in [0.15, 0.2) is 6.07 Å². The van der Waals surface area contributed by atoms with E-state index in [2.05, 4.69) is 29.5 Å². The lowest BCUT2D eigenvalue weighted by molar-refractivity contribution is -0.385. The molecule has 0 N–H and O–H groups in total. The first-order valence-corrected chi connectivity index (χ1v) is 4.98. The van der Waals surface area contributed by atoms with Crippen LogP contribution < -0.4 is 0 Å². The molecule has 0 aliphatic heterocycles. The number of hydrogen-bond donors (Lipinski definition) is 1. The summed E-state index contributed by atoms with van der Waals surface area (Å²) in [5, 5.41) is 10.5. The monoisotopic (exact) mass is 242 g/mol. The van der Waals surface area contributed by atoms with Gasteiger partial charge in [0.05, 0.1) is 21.9 Å². The number of aryl methyl sites for hydroxylation is 1. The Labute approximate surface area is 97.2 Å². The Morgan fingerprint density at radius 3 is 2.93 bits per heavy atom. The largest absolute Gasteiger partial charge is 0.307 e. The summed E-state index contributed by atoms with van der Waals surface area (Å²) in [5.74, 6) is 5.82. The van der Waals surface area contributed by atoms with Gasteiger partial charge >= 0.3 is 5.69 Å². The van der Waals surface area contributed by atoms with Gasteiger partial charge in [-0.2, -0.15) is 12.6 Å². The van der Waals surface area contributed by atoms with Crippen molar-refractivity contribution >= 4 is 29.9 Å². The molecule has 0 saturated heterocycles. The van der Waals surface area contributed by atoms with Crippen molar-refractivity contribution in [1.29, 1.82) is 0 Å². The number of halogens is 1. The van der Waals surface area contributed by atoms with Gasteiger partial charge in [-0.25, -0.2) is 4.98 Å². The van der Waals surface area contributed by atoms with Gasteiger partial charge < -0.3 is 0 Å². The molecule has 0 saturated carbocycles. The maximum absolute atomic E-state index is 10.6. The summed E-state index contributed by atoms with van der Waals surface area (Å²) in [6.45, 7) is 1.69. The van der Waals surface area contributed by atoms with E-state index in [1.54, 1.807) is 6.92 Å². The molecule has 0 aliphatic carbocycles. The number of nitro groups is 1. The highest BCUT2D eigenvalue weighted by molar-refractivity contribution is 7.80. The second-order valence-electron chi connectivity index (χ2n) is 2.65. The van der Waals surface area contributed by atoms with E-state index in [0.29, 0.717) is 17.0 Å². The summed E-state index contributed by atoms with van der Waals surface area (Å²) in [5.41, 5.74) is 0.839. The number of thiol groups is 1. The van der Waals surface area contributed by atoms with E-state index in [1.165, 1.54) is 6.07 Å². The highest BCUT2D eigenvalue weighted by atomic mass is 35.5. The number of nitrogens with zero attached hydrogens (tertiary/aromatic N) is 2. The smallest absolute Gasteiger partial charge is 0.258 e. The van der Waals surface area contributed by atoms with Gasteiger partial charge in [0, 0.05) is 6.07 Å². The Morgan fingerprint density at radius 1 is 1.73 bits per heavy atom. The zero-order chi connectivity index (χ0) is 11.4. The van der Waals surface area contributed by atoms with Crippen molar-refractivity contribution < 1.29 is 4.92 Å². The standard InChI is InChI=1S/C9H7ClN2O2S/c1-6-7(3-2-4-15)5-8(12(13)14)9(10)11-6/h5,15H,4H2,1H3. The van der Waals surface area contributed by atoms with Crippen LogP contribution in [0.4, 0.5) is 5.69 Å². The van der Waals surface area contributed by atoms with Crippen LogP contribution in [0.25, 0.3) is 0 Å². The molecule has 6 heteroatoms. The lowest BCUT2D eigenvalue weighted by Gasteiger charge is -1.99. The Bertz CT molecular complexity index is 465. The Morgan fingerprint density at radius 2 is 2.40 bits per heavy atom. The lowest BCUT2D eigenvalue weighted by Crippen LogP contribution is -1.96. The molecule has 1 aromatic rings. The maximum atomic E-state index is 10.6. The summed E-state index contributed by atoms with van der Waals surface area (Å²) in [7, 11) is 0. The second-order valence-corrected chi connectivity index (χ2v) is 3.32. The lowest BCUT2D eigenvalue weighted by atomic mass is 10.2. The highest BCUT2D eigenvalue weighted by Crippen LogP contribution is 2.24. The quantitative estimate of drug-likeness (QED) is 0.270. The van der Waals surface area contributed by atoms with Crippen LogP contribution in [0.2, 0.25) is 5.15 Å². The van der Waals surface area contributed by atoms with Crippen molar-refractivity contribution in [3.63, 3.8) is 0 Å². The van der Waals surface area contributed by atoms with Crippen LogP contribution in [-0.4, -0.2) is 15.7 Å². The first-order valence-electron chi connectivity index (χ1n) is 3.97. The minimum absolute atomic E-state index is 0.117. The molecule has 1 heterocycles. The summed E-state index contributed by atoms with van der Waals surface area (Å²) in [6, 6.07) is 1.32. The number of rotatable bonds is 1. The SMILES string of the molecule is Cc1nc(Cl)c([N+](=O)[O-])cc1C#CCS. The van der Waals surface area contributed by atoms with Crippen molar-refractivity contribution in [2.75, 3.05) is 5.75 Å². The van der Waals surface area contributed by atoms with Crippen molar-refractivity contribution in [3.05, 3.63) is 32.6 Å². The van der Waals surface area contributed by atoms with Gasteiger partial charge in [-0.15, -0.1) is 0 Å². The van der Waals surface area contributed by atoms with Gasteiger partial charge in [-0.1, -0.05) is 23.4 Å². The Kier molecular flexibility index (Phi) is 3.95. The number of pyridine rings is 1. The number of aromatic nitrogens is 1. The average molecular weight is 243 g/mol. The summed E-state index contributed by atoms with van der Waals surface area (Å²) in [6.07, 6.45) is 0. The minimum atomic E-state index is -0.583. The number of hydrogen-bond acceptors (Lipinski definition) is 4. The molecule has 4 nitrogen and oxygen atoms in total. The van der Waals surface area contributed by atoms with Gasteiger partial charge in [-0.05, 0) is 6.92 Å². The Balaban J connectivity index is 3.29. The van der Waals surface area contributed by atoms with E-state index in [1.807, 2.05) is 0 Å². The van der Waals surface area contributed by atoms with E-state index in [-0.39, 0.29) is 10.8 Å². The predicted molar refractivity (Wildman–Crippen MR) is 61.4 cm³/mol. The molecule has 0 aliphatic rings. The van der Waals surface area contributed by atoms with E-state index in [4.69, 9.17) is 11.6 Å². The highest BCUT2D eigenvalue weighted by Gasteiger charge is 2.15. The van der Waals surface area contributed by atoms with E-state index < -0.39 is 4.92 Å². The third kappa shape index (κ3) is 2.85. The summed E-state index contributed by atoms with van der Waals surface area (Å²) in [4.78, 5) is 13.8. The van der Waals surface area contributed by atoms with E-state index in [0.717, 1.165) is 0 Å². The molecular formula is C9H7ClN2O2S. The molecule has 0 aromatic carbocycles. The molecule has 15 heavy (non-hydrogen) atoms. The molecule has 0 unspecified atom stereocenters. The second kappa shape index (κ2) is 5.01. The molecule has 0 bridgehead atoms. The fraction of sp³-hybridized carbons (Fsp3) is 0.222. The fourth-order valence-electron chi connectivity index (χ4n) is 0.955. The molecule has 0 atom stereocenters. The Hall–Kier alpha value is -1.25. The van der Waals surface area contributed by atoms with Gasteiger partial charge in [0.15, 0.2) is 0 Å². The van der Waals surface area contributed by atoms with Gasteiger partial charge in [-0.3, -0.25) is 10.1 Å². The average Bonchev–Trinajstić information content (AvgIpc) is 2.16.